The molecule has 0 bridgehead atoms. The van der Waals surface area contributed by atoms with Crippen LogP contribution in [0.25, 0.3) is 0 Å². The highest BCUT2D eigenvalue weighted by Crippen LogP contribution is 2.30. The molecule has 0 fully saturated rings. The molecule has 0 aliphatic heterocycles. The van der Waals surface area contributed by atoms with Crippen LogP contribution in [-0.4, -0.2) is 10.9 Å². The molecular weight excluding hydrogens is 329 g/mol. The fraction of sp³-hybridized carbons (Fsp3) is 0.133. The van der Waals surface area contributed by atoms with Gasteiger partial charge in [-0.3, -0.25) is 10.1 Å². The molecule has 2 aromatic rings. The number of nitrogens with two attached hydrogens (primary N) is 1. The van der Waals surface area contributed by atoms with Gasteiger partial charge < -0.3 is 10.5 Å². The van der Waals surface area contributed by atoms with E-state index in [0.717, 1.165) is 18.2 Å². The predicted molar refractivity (Wildman–Crippen MR) is 77.7 cm³/mol. The molecule has 0 saturated heterocycles. The summed E-state index contributed by atoms with van der Waals surface area (Å²) in [5.41, 5.74) is 2.94. The summed E-state index contributed by atoms with van der Waals surface area (Å²) < 4.78 is 45.6. The maximum Gasteiger partial charge on any atom is 0.341 e. The number of nitrogens with zero attached hydrogens (tertiary/aromatic N) is 1. The van der Waals surface area contributed by atoms with E-state index in [-0.39, 0.29) is 0 Å². The van der Waals surface area contributed by atoms with Gasteiger partial charge in [0.1, 0.15) is 29.2 Å². The van der Waals surface area contributed by atoms with Crippen LogP contribution in [0, 0.1) is 27.6 Å². The third-order valence-corrected chi connectivity index (χ3v) is 3.23. The summed E-state index contributed by atoms with van der Waals surface area (Å²) in [6, 6.07) is 4.28. The van der Waals surface area contributed by atoms with E-state index >= 15 is 0 Å². The summed E-state index contributed by atoms with van der Waals surface area (Å²) in [6.07, 6.45) is -1.36. The van der Waals surface area contributed by atoms with Crippen LogP contribution in [0.5, 0.6) is 0 Å². The summed E-state index contributed by atoms with van der Waals surface area (Å²) in [5, 5.41) is 10.8. The minimum Gasteiger partial charge on any atom is -0.454 e. The topological polar surface area (TPSA) is 95.5 Å². The molecule has 0 saturated carbocycles. The maximum atomic E-state index is 13.7. The Morgan fingerprint density at radius 2 is 1.83 bits per heavy atom. The molecule has 1 atom stereocenters. The molecule has 24 heavy (non-hydrogen) atoms. The number of esters is 1. The SMILES string of the molecule is C[C@@H](OC(=O)c1cc(F)cc([N+](=O)[O-])c1N)c1c(F)cccc1F. The van der Waals surface area contributed by atoms with Crippen LogP contribution in [-0.2, 0) is 4.74 Å². The minimum atomic E-state index is -1.36. The normalized spacial score (nSPS) is 11.8. The van der Waals surface area contributed by atoms with Crippen molar-refractivity contribution in [3.05, 3.63) is 69.0 Å². The van der Waals surface area contributed by atoms with Crippen LogP contribution in [0.1, 0.15) is 28.9 Å². The van der Waals surface area contributed by atoms with Crippen molar-refractivity contribution >= 4 is 17.3 Å². The highest BCUT2D eigenvalue weighted by molar-refractivity contribution is 5.97. The number of carbonyl (C=O) groups excluding carboxylic acids is 1. The Balaban J connectivity index is 2.35. The summed E-state index contributed by atoms with van der Waals surface area (Å²) in [7, 11) is 0. The number of hydrogen-bond acceptors (Lipinski definition) is 5. The fourth-order valence-electron chi connectivity index (χ4n) is 2.11. The molecule has 6 nitrogen and oxygen atoms in total. The second-order valence-electron chi connectivity index (χ2n) is 4.83. The van der Waals surface area contributed by atoms with Crippen molar-refractivity contribution in [3.63, 3.8) is 0 Å². The molecule has 126 valence electrons. The maximum absolute atomic E-state index is 13.7. The largest absolute Gasteiger partial charge is 0.454 e. The van der Waals surface area contributed by atoms with E-state index in [1.54, 1.807) is 0 Å². The number of carbonyl (C=O) groups is 1. The average molecular weight is 340 g/mol. The van der Waals surface area contributed by atoms with E-state index in [1.807, 2.05) is 0 Å². The van der Waals surface area contributed by atoms with Crippen molar-refractivity contribution in [2.24, 2.45) is 0 Å². The Kier molecular flexibility index (Phi) is 4.72. The summed E-state index contributed by atoms with van der Waals surface area (Å²) in [5.74, 6) is -4.19. The van der Waals surface area contributed by atoms with Crippen molar-refractivity contribution < 1.29 is 27.6 Å². The van der Waals surface area contributed by atoms with Crippen LogP contribution in [0.4, 0.5) is 24.5 Å². The first-order chi connectivity index (χ1) is 11.2. The zero-order chi connectivity index (χ0) is 18.0. The molecule has 2 N–H and O–H groups in total. The first kappa shape index (κ1) is 17.3. The minimum absolute atomic E-state index is 0.504. The number of anilines is 1. The van der Waals surface area contributed by atoms with E-state index in [0.29, 0.717) is 12.1 Å². The Morgan fingerprint density at radius 1 is 1.25 bits per heavy atom. The van der Waals surface area contributed by atoms with Crippen molar-refractivity contribution in [2.45, 2.75) is 13.0 Å². The summed E-state index contributed by atoms with van der Waals surface area (Å²) in [6.45, 7) is 1.20. The number of nitrogen functional groups attached to an aromatic ring is 1. The van der Waals surface area contributed by atoms with Crippen molar-refractivity contribution in [3.8, 4) is 0 Å². The second kappa shape index (κ2) is 6.57. The number of rotatable bonds is 4. The molecule has 2 rings (SSSR count). The Morgan fingerprint density at radius 3 is 2.38 bits per heavy atom. The predicted octanol–water partition coefficient (Wildman–Crippen LogP) is 3.51. The number of ether oxygens (including phenoxy) is 1. The Hall–Kier alpha value is -3.10. The summed E-state index contributed by atoms with van der Waals surface area (Å²) >= 11 is 0. The van der Waals surface area contributed by atoms with Crippen molar-refractivity contribution in [1.82, 2.24) is 0 Å². The first-order valence-electron chi connectivity index (χ1n) is 6.60. The van der Waals surface area contributed by atoms with Crippen LogP contribution in [0.3, 0.4) is 0 Å². The van der Waals surface area contributed by atoms with Gasteiger partial charge in [-0.15, -0.1) is 0 Å². The van der Waals surface area contributed by atoms with Crippen molar-refractivity contribution in [2.75, 3.05) is 5.73 Å². The van der Waals surface area contributed by atoms with Gasteiger partial charge in [-0.2, -0.15) is 0 Å². The standard InChI is InChI=1S/C15H11F3N2O4/c1-7(13-10(17)3-2-4-11(13)18)24-15(21)9-5-8(16)6-12(14(9)19)20(22)23/h2-7H,19H2,1H3/t7-/m1/s1. The third kappa shape index (κ3) is 3.29. The molecule has 0 aliphatic carbocycles. The van der Waals surface area contributed by atoms with E-state index < -0.39 is 56.9 Å². The number of halogens is 3. The fourth-order valence-corrected chi connectivity index (χ4v) is 2.11. The lowest BCUT2D eigenvalue weighted by Gasteiger charge is -2.15. The lowest BCUT2D eigenvalue weighted by atomic mass is 10.1. The molecule has 0 unspecified atom stereocenters. The third-order valence-electron chi connectivity index (χ3n) is 3.23. The molecule has 9 heteroatoms. The average Bonchev–Trinajstić information content (AvgIpc) is 2.48. The van der Waals surface area contributed by atoms with Gasteiger partial charge in [0.25, 0.3) is 5.69 Å². The van der Waals surface area contributed by atoms with Gasteiger partial charge in [-0.25, -0.2) is 18.0 Å². The van der Waals surface area contributed by atoms with Gasteiger partial charge in [-0.1, -0.05) is 6.07 Å². The molecule has 0 spiro atoms. The molecule has 0 aliphatic rings. The highest BCUT2D eigenvalue weighted by Gasteiger charge is 2.26. The molecule has 0 amide bonds. The first-order valence-corrected chi connectivity index (χ1v) is 6.60. The number of hydrogen-bond donors (Lipinski definition) is 1. The van der Waals surface area contributed by atoms with Crippen LogP contribution in [0.15, 0.2) is 30.3 Å². The van der Waals surface area contributed by atoms with Crippen LogP contribution in [0.2, 0.25) is 0 Å². The van der Waals surface area contributed by atoms with Crippen LogP contribution < -0.4 is 5.73 Å². The van der Waals surface area contributed by atoms with Gasteiger partial charge in [0.2, 0.25) is 0 Å². The quantitative estimate of drug-likeness (QED) is 0.398. The highest BCUT2D eigenvalue weighted by atomic mass is 19.1. The number of benzene rings is 2. The lowest BCUT2D eigenvalue weighted by Crippen LogP contribution is -2.14. The van der Waals surface area contributed by atoms with Gasteiger partial charge >= 0.3 is 5.97 Å². The smallest absolute Gasteiger partial charge is 0.341 e. The number of nitro benzene ring substituents is 1. The second-order valence-corrected chi connectivity index (χ2v) is 4.83. The molecular formula is C15H11F3N2O4. The summed E-state index contributed by atoms with van der Waals surface area (Å²) in [4.78, 5) is 21.9. The van der Waals surface area contributed by atoms with E-state index in [1.165, 1.54) is 6.92 Å². The Labute approximate surface area is 133 Å². The van der Waals surface area contributed by atoms with Gasteiger partial charge in [-0.05, 0) is 25.1 Å². The molecule has 2 aromatic carbocycles. The van der Waals surface area contributed by atoms with E-state index in [9.17, 15) is 28.1 Å². The van der Waals surface area contributed by atoms with Crippen molar-refractivity contribution in [1.29, 1.82) is 0 Å². The zero-order valence-electron chi connectivity index (χ0n) is 12.3. The van der Waals surface area contributed by atoms with Crippen LogP contribution >= 0.6 is 0 Å². The number of nitro groups is 1. The Bertz CT molecular complexity index is 806. The van der Waals surface area contributed by atoms with Gasteiger partial charge in [0.05, 0.1) is 22.1 Å². The van der Waals surface area contributed by atoms with E-state index in [4.69, 9.17) is 10.5 Å². The lowest BCUT2D eigenvalue weighted by molar-refractivity contribution is -0.384. The molecule has 0 heterocycles. The monoisotopic (exact) mass is 340 g/mol. The molecule has 0 aromatic heterocycles. The van der Waals surface area contributed by atoms with E-state index in [2.05, 4.69) is 0 Å². The van der Waals surface area contributed by atoms with Gasteiger partial charge in [0.15, 0.2) is 0 Å². The zero-order valence-corrected chi connectivity index (χ0v) is 12.3. The van der Waals surface area contributed by atoms with Gasteiger partial charge in [0, 0.05) is 0 Å². The molecule has 0 radical (unpaired) electrons.